The molecule has 2 fully saturated rings. The van der Waals surface area contributed by atoms with E-state index in [4.69, 9.17) is 0 Å². The Balaban J connectivity index is 2.11. The molecule has 0 amide bonds. The fourth-order valence-electron chi connectivity index (χ4n) is 6.12. The van der Waals surface area contributed by atoms with Gasteiger partial charge in [-0.1, -0.05) is 25.3 Å². The fraction of sp³-hybridized carbons (Fsp3) is 0.905. The molecular formula is C21H42P4. The number of rotatable bonds is 9. The molecule has 2 aliphatic rings. The Morgan fingerprint density at radius 2 is 1.36 bits per heavy atom. The zero-order chi connectivity index (χ0) is 18.2. The van der Waals surface area contributed by atoms with E-state index in [-0.39, 0.29) is 0 Å². The lowest BCUT2D eigenvalue weighted by Crippen LogP contribution is -2.42. The van der Waals surface area contributed by atoms with Gasteiger partial charge in [0, 0.05) is 0 Å². The van der Waals surface area contributed by atoms with Crippen LogP contribution in [0.15, 0.2) is 12.7 Å². The highest BCUT2D eigenvalue weighted by Gasteiger charge is 2.42. The van der Waals surface area contributed by atoms with Crippen molar-refractivity contribution in [2.24, 2.45) is 41.4 Å². The molecule has 0 radical (unpaired) electrons. The summed E-state index contributed by atoms with van der Waals surface area (Å²) in [4.78, 5) is 0. The summed E-state index contributed by atoms with van der Waals surface area (Å²) in [5.41, 5.74) is 0. The largest absolute Gasteiger partial charge is 0.137 e. The van der Waals surface area contributed by atoms with Crippen molar-refractivity contribution >= 4 is 37.0 Å². The second kappa shape index (κ2) is 12.1. The summed E-state index contributed by atoms with van der Waals surface area (Å²) in [5, 5.41) is 0. The van der Waals surface area contributed by atoms with E-state index in [0.717, 1.165) is 41.4 Å². The summed E-state index contributed by atoms with van der Waals surface area (Å²) in [6.45, 7) is 3.99. The molecule has 146 valence electrons. The van der Waals surface area contributed by atoms with Gasteiger partial charge in [-0.3, -0.25) is 0 Å². The van der Waals surface area contributed by atoms with E-state index in [1.807, 2.05) is 0 Å². The lowest BCUT2D eigenvalue weighted by Gasteiger charge is -2.48. The standard InChI is InChI=1S/C21H42P4/c1-2-5-15(11-22)10-16-6-3-8-18(20(16)13-24)19-9-4-7-17(12-23)21(19)14-25/h2,15-21H,1,3-14,22-25H2. The van der Waals surface area contributed by atoms with Crippen molar-refractivity contribution in [1.29, 1.82) is 0 Å². The van der Waals surface area contributed by atoms with Gasteiger partial charge in [0.05, 0.1) is 0 Å². The molecule has 0 aliphatic heterocycles. The van der Waals surface area contributed by atoms with Gasteiger partial charge in [0.1, 0.15) is 0 Å². The third-order valence-electron chi connectivity index (χ3n) is 7.40. The van der Waals surface area contributed by atoms with E-state index >= 15 is 0 Å². The summed E-state index contributed by atoms with van der Waals surface area (Å²) < 4.78 is 0. The molecule has 0 aromatic rings. The first-order valence-electron chi connectivity index (χ1n) is 10.6. The lowest BCUT2D eigenvalue weighted by atomic mass is 9.59. The monoisotopic (exact) mass is 418 g/mol. The highest BCUT2D eigenvalue weighted by Crippen LogP contribution is 2.50. The van der Waals surface area contributed by atoms with Gasteiger partial charge in [0.2, 0.25) is 0 Å². The predicted octanol–water partition coefficient (Wildman–Crippen LogP) is 6.13. The molecule has 11 atom stereocenters. The normalized spacial score (nSPS) is 37.6. The van der Waals surface area contributed by atoms with Crippen molar-refractivity contribution in [2.75, 3.05) is 24.6 Å². The van der Waals surface area contributed by atoms with Crippen LogP contribution < -0.4 is 0 Å². The molecule has 4 heteroatoms. The molecule has 0 saturated heterocycles. The number of hydrogen-bond acceptors (Lipinski definition) is 0. The summed E-state index contributed by atoms with van der Waals surface area (Å²) in [5.74, 6) is 6.58. The van der Waals surface area contributed by atoms with E-state index in [0.29, 0.717) is 0 Å². The minimum atomic E-state index is 0.828. The first-order chi connectivity index (χ1) is 12.2. The third-order valence-corrected chi connectivity index (χ3v) is 9.76. The Labute approximate surface area is 167 Å². The van der Waals surface area contributed by atoms with Gasteiger partial charge in [0.15, 0.2) is 0 Å². The van der Waals surface area contributed by atoms with Gasteiger partial charge in [-0.25, -0.2) is 0 Å². The molecule has 0 spiro atoms. The van der Waals surface area contributed by atoms with Crippen molar-refractivity contribution in [2.45, 2.75) is 51.4 Å². The maximum Gasteiger partial charge on any atom is -0.0317 e. The van der Waals surface area contributed by atoms with Crippen LogP contribution in [0.2, 0.25) is 0 Å². The Kier molecular flexibility index (Phi) is 11.0. The van der Waals surface area contributed by atoms with Crippen LogP contribution in [0, 0.1) is 41.4 Å². The van der Waals surface area contributed by atoms with Crippen LogP contribution in [-0.4, -0.2) is 24.6 Å². The molecular weight excluding hydrogens is 376 g/mol. The van der Waals surface area contributed by atoms with Crippen LogP contribution in [0.5, 0.6) is 0 Å². The Morgan fingerprint density at radius 1 is 0.800 bits per heavy atom. The smallest absolute Gasteiger partial charge is 0.0317 e. The molecule has 0 aromatic carbocycles. The third kappa shape index (κ3) is 5.97. The summed E-state index contributed by atoms with van der Waals surface area (Å²) in [6, 6.07) is 0. The molecule has 11 unspecified atom stereocenters. The van der Waals surface area contributed by atoms with Crippen LogP contribution in [0.3, 0.4) is 0 Å². The van der Waals surface area contributed by atoms with Gasteiger partial charge in [0.25, 0.3) is 0 Å². The molecule has 0 nitrogen and oxygen atoms in total. The Hall–Kier alpha value is 1.46. The van der Waals surface area contributed by atoms with Crippen LogP contribution in [-0.2, 0) is 0 Å². The topological polar surface area (TPSA) is 0 Å². The maximum absolute atomic E-state index is 3.99. The zero-order valence-electron chi connectivity index (χ0n) is 16.1. The average molecular weight is 418 g/mol. The van der Waals surface area contributed by atoms with Crippen molar-refractivity contribution in [1.82, 2.24) is 0 Å². The quantitative estimate of drug-likeness (QED) is 0.312. The van der Waals surface area contributed by atoms with Crippen molar-refractivity contribution < 1.29 is 0 Å². The molecule has 2 rings (SSSR count). The Morgan fingerprint density at radius 3 is 1.84 bits per heavy atom. The first kappa shape index (κ1) is 22.7. The van der Waals surface area contributed by atoms with Crippen LogP contribution in [0.1, 0.15) is 51.4 Å². The predicted molar refractivity (Wildman–Crippen MR) is 130 cm³/mol. The molecule has 2 aliphatic carbocycles. The summed E-state index contributed by atoms with van der Waals surface area (Å²) in [7, 11) is 12.3. The summed E-state index contributed by atoms with van der Waals surface area (Å²) >= 11 is 0. The fourth-order valence-corrected chi connectivity index (χ4v) is 8.56. The van der Waals surface area contributed by atoms with Gasteiger partial charge in [-0.2, -0.15) is 0 Å². The zero-order valence-corrected chi connectivity index (χ0v) is 20.7. The number of allylic oxidation sites excluding steroid dienone is 1. The lowest BCUT2D eigenvalue weighted by molar-refractivity contribution is 0.0393. The average Bonchev–Trinajstić information content (AvgIpc) is 2.66. The second-order valence-corrected chi connectivity index (χ2v) is 10.5. The van der Waals surface area contributed by atoms with Crippen molar-refractivity contribution in [3.8, 4) is 0 Å². The minimum Gasteiger partial charge on any atom is -0.137 e. The van der Waals surface area contributed by atoms with Gasteiger partial charge in [-0.15, -0.1) is 43.5 Å². The first-order valence-corrected chi connectivity index (χ1v) is 13.9. The van der Waals surface area contributed by atoms with Gasteiger partial charge in [-0.05, 0) is 98.2 Å². The molecule has 25 heavy (non-hydrogen) atoms. The van der Waals surface area contributed by atoms with Crippen LogP contribution in [0.25, 0.3) is 0 Å². The van der Waals surface area contributed by atoms with Crippen molar-refractivity contribution in [3.63, 3.8) is 0 Å². The molecule has 0 heterocycles. The van der Waals surface area contributed by atoms with E-state index < -0.39 is 0 Å². The summed E-state index contributed by atoms with van der Waals surface area (Å²) in [6.07, 6.45) is 18.8. The van der Waals surface area contributed by atoms with Gasteiger partial charge < -0.3 is 0 Å². The molecule has 0 N–H and O–H groups in total. The Bertz CT molecular complexity index is 386. The second-order valence-electron chi connectivity index (χ2n) is 8.61. The molecule has 2 saturated carbocycles. The maximum atomic E-state index is 3.99. The molecule has 0 bridgehead atoms. The highest BCUT2D eigenvalue weighted by atomic mass is 31.0. The van der Waals surface area contributed by atoms with Gasteiger partial charge >= 0.3 is 0 Å². The number of hydrogen-bond donors (Lipinski definition) is 0. The SMILES string of the molecule is C=CCC(CP)CC1CCCC(C2CCCC(CP)C2CP)C1CP. The van der Waals surface area contributed by atoms with Crippen molar-refractivity contribution in [3.05, 3.63) is 12.7 Å². The molecule has 0 aromatic heterocycles. The van der Waals surface area contributed by atoms with Crippen LogP contribution >= 0.6 is 37.0 Å². The van der Waals surface area contributed by atoms with E-state index in [1.54, 1.807) is 0 Å². The van der Waals surface area contributed by atoms with Crippen LogP contribution in [0.4, 0.5) is 0 Å². The van der Waals surface area contributed by atoms with E-state index in [1.165, 1.54) is 76.0 Å². The van der Waals surface area contributed by atoms with E-state index in [9.17, 15) is 0 Å². The highest BCUT2D eigenvalue weighted by molar-refractivity contribution is 7.17. The van der Waals surface area contributed by atoms with E-state index in [2.05, 4.69) is 49.6 Å². The minimum absolute atomic E-state index is 0.828.